The molecule has 1 aliphatic heterocycles. The number of hydrogen-bond acceptors (Lipinski definition) is 7. The van der Waals surface area contributed by atoms with Crippen molar-refractivity contribution in [1.29, 1.82) is 0 Å². The van der Waals surface area contributed by atoms with Crippen LogP contribution >= 0.6 is 11.9 Å². The van der Waals surface area contributed by atoms with Crippen molar-refractivity contribution in [2.75, 3.05) is 56.7 Å². The Hall–Kier alpha value is -2.10. The van der Waals surface area contributed by atoms with Crippen LogP contribution in [0.2, 0.25) is 0 Å². The molecule has 2 aromatic rings. The van der Waals surface area contributed by atoms with Gasteiger partial charge in [-0.3, -0.25) is 4.79 Å². The molecule has 0 spiro atoms. The average molecular weight is 437 g/mol. The fraction of sp³-hybridized carbons (Fsp3) is 0.524. The third kappa shape index (κ3) is 5.53. The van der Waals surface area contributed by atoms with Gasteiger partial charge in [-0.05, 0) is 25.5 Å². The predicted molar refractivity (Wildman–Crippen MR) is 118 cm³/mol. The number of piperazine rings is 1. The van der Waals surface area contributed by atoms with E-state index in [1.807, 2.05) is 18.9 Å². The van der Waals surface area contributed by atoms with Crippen molar-refractivity contribution in [3.8, 4) is 11.4 Å². The minimum Gasteiger partial charge on any atom is -0.484 e. The Labute approximate surface area is 180 Å². The molecule has 0 atom stereocenters. The van der Waals surface area contributed by atoms with E-state index in [4.69, 9.17) is 9.47 Å². The molecule has 0 bridgehead atoms. The molecule has 1 aliphatic rings. The molecule has 9 heteroatoms. The fourth-order valence-electron chi connectivity index (χ4n) is 3.21. The normalized spacial score (nSPS) is 14.8. The highest BCUT2D eigenvalue weighted by atomic mass is 32.2. The first-order valence-corrected chi connectivity index (χ1v) is 11.3. The predicted octanol–water partition coefficient (Wildman–Crippen LogP) is 2.97. The van der Waals surface area contributed by atoms with Gasteiger partial charge in [0.15, 0.2) is 0 Å². The molecule has 0 unspecified atom stereocenters. The van der Waals surface area contributed by atoms with Crippen molar-refractivity contribution in [2.45, 2.75) is 20.3 Å². The second-order valence-electron chi connectivity index (χ2n) is 6.82. The van der Waals surface area contributed by atoms with Gasteiger partial charge in [-0.1, -0.05) is 31.0 Å². The average Bonchev–Trinajstić information content (AvgIpc) is 2.77. The van der Waals surface area contributed by atoms with E-state index in [-0.39, 0.29) is 18.0 Å². The molecule has 1 fully saturated rings. The monoisotopic (exact) mass is 436 g/mol. The lowest BCUT2D eigenvalue weighted by atomic mass is 10.3. The number of para-hydroxylation sites is 1. The topological polar surface area (TPSA) is 59.8 Å². The number of benzene rings is 1. The Balaban J connectivity index is 1.86. The van der Waals surface area contributed by atoms with Crippen molar-refractivity contribution in [3.05, 3.63) is 46.6 Å². The smallest absolute Gasteiger partial charge is 0.316 e. The summed E-state index contributed by atoms with van der Waals surface area (Å²) in [6, 6.07) is 6.08. The number of ether oxygens (including phenoxy) is 2. The molecule has 1 aromatic heterocycles. The zero-order valence-corrected chi connectivity index (χ0v) is 18.4. The first-order valence-electron chi connectivity index (χ1n) is 10.4. The molecule has 0 aliphatic carbocycles. The number of aromatic nitrogens is 2. The summed E-state index contributed by atoms with van der Waals surface area (Å²) in [5, 5.41) is 4.25. The Kier molecular flexibility index (Phi) is 8.53. The highest BCUT2D eigenvalue weighted by Crippen LogP contribution is 2.27. The molecule has 0 amide bonds. The Bertz CT molecular complexity index is 872. The SMILES string of the molecule is CCCSN1CCN(c2cnn(-c3ccccc3F)c(=O)c2OCCOCC)CC1. The van der Waals surface area contributed by atoms with Crippen LogP contribution in [0.25, 0.3) is 5.69 Å². The van der Waals surface area contributed by atoms with E-state index < -0.39 is 11.4 Å². The van der Waals surface area contributed by atoms with Gasteiger partial charge in [0.2, 0.25) is 5.75 Å². The molecule has 3 rings (SSSR count). The van der Waals surface area contributed by atoms with E-state index in [1.54, 1.807) is 18.3 Å². The maximum absolute atomic E-state index is 14.3. The number of nitrogens with zero attached hydrogens (tertiary/aromatic N) is 4. The van der Waals surface area contributed by atoms with Crippen molar-refractivity contribution in [3.63, 3.8) is 0 Å². The zero-order valence-electron chi connectivity index (χ0n) is 17.6. The minimum atomic E-state index is -0.512. The van der Waals surface area contributed by atoms with Gasteiger partial charge in [-0.2, -0.15) is 9.78 Å². The Morgan fingerprint density at radius 1 is 1.10 bits per heavy atom. The van der Waals surface area contributed by atoms with Crippen molar-refractivity contribution in [2.24, 2.45) is 0 Å². The van der Waals surface area contributed by atoms with Crippen molar-refractivity contribution >= 4 is 17.6 Å². The standard InChI is InChI=1S/C21H29FN4O3S/c1-3-15-30-25-11-9-24(10-12-25)19-16-23-26(18-8-6-5-7-17(18)22)21(27)20(19)29-14-13-28-4-2/h5-8,16H,3-4,9-15H2,1-2H3. The summed E-state index contributed by atoms with van der Waals surface area (Å²) >= 11 is 1.86. The summed E-state index contributed by atoms with van der Waals surface area (Å²) in [4.78, 5) is 15.3. The molecule has 0 saturated carbocycles. The lowest BCUT2D eigenvalue weighted by Crippen LogP contribution is -2.44. The van der Waals surface area contributed by atoms with Crippen molar-refractivity contribution in [1.82, 2.24) is 14.1 Å². The molecular formula is C21H29FN4O3S. The molecule has 0 N–H and O–H groups in total. The van der Waals surface area contributed by atoms with Crippen LogP contribution in [0.15, 0.2) is 35.3 Å². The van der Waals surface area contributed by atoms with Gasteiger partial charge in [0.1, 0.15) is 23.8 Å². The molecule has 1 aromatic carbocycles. The summed E-state index contributed by atoms with van der Waals surface area (Å²) in [5.41, 5.74) is 0.269. The van der Waals surface area contributed by atoms with Crippen LogP contribution < -0.4 is 15.2 Å². The number of halogens is 1. The maximum Gasteiger partial charge on any atom is 0.316 e. The van der Waals surface area contributed by atoms with Gasteiger partial charge in [0.25, 0.3) is 0 Å². The van der Waals surface area contributed by atoms with Crippen LogP contribution in [-0.4, -0.2) is 65.8 Å². The quantitative estimate of drug-likeness (QED) is 0.419. The second kappa shape index (κ2) is 11.3. The van der Waals surface area contributed by atoms with Gasteiger partial charge in [0.05, 0.1) is 12.8 Å². The molecule has 30 heavy (non-hydrogen) atoms. The zero-order chi connectivity index (χ0) is 21.3. The first-order chi connectivity index (χ1) is 14.7. The maximum atomic E-state index is 14.3. The molecule has 2 heterocycles. The van der Waals surface area contributed by atoms with Gasteiger partial charge in [-0.15, -0.1) is 0 Å². The molecule has 0 radical (unpaired) electrons. The summed E-state index contributed by atoms with van der Waals surface area (Å²) in [6.45, 7) is 8.57. The third-order valence-corrected chi connectivity index (χ3v) is 6.05. The van der Waals surface area contributed by atoms with Crippen LogP contribution in [0.3, 0.4) is 0 Å². The van der Waals surface area contributed by atoms with Gasteiger partial charge in [-0.25, -0.2) is 8.70 Å². The molecule has 1 saturated heterocycles. The first kappa shape index (κ1) is 22.6. The number of anilines is 1. The minimum absolute atomic E-state index is 0.101. The number of rotatable bonds is 10. The molecule has 164 valence electrons. The summed E-state index contributed by atoms with van der Waals surface area (Å²) < 4.78 is 28.8. The van der Waals surface area contributed by atoms with E-state index in [1.165, 1.54) is 12.1 Å². The van der Waals surface area contributed by atoms with E-state index in [2.05, 4.69) is 21.2 Å². The fourth-order valence-corrected chi connectivity index (χ4v) is 4.07. The molecule has 7 nitrogen and oxygen atoms in total. The highest BCUT2D eigenvalue weighted by Gasteiger charge is 2.24. The van der Waals surface area contributed by atoms with Crippen LogP contribution in [0.1, 0.15) is 20.3 Å². The van der Waals surface area contributed by atoms with Crippen LogP contribution in [0.5, 0.6) is 5.75 Å². The van der Waals surface area contributed by atoms with Crippen LogP contribution in [-0.2, 0) is 4.74 Å². The van der Waals surface area contributed by atoms with Gasteiger partial charge >= 0.3 is 5.56 Å². The van der Waals surface area contributed by atoms with E-state index in [0.29, 0.717) is 18.9 Å². The van der Waals surface area contributed by atoms with Crippen LogP contribution in [0.4, 0.5) is 10.1 Å². The Morgan fingerprint density at radius 2 is 1.87 bits per heavy atom. The lowest BCUT2D eigenvalue weighted by molar-refractivity contribution is 0.109. The highest BCUT2D eigenvalue weighted by molar-refractivity contribution is 7.97. The van der Waals surface area contributed by atoms with E-state index in [9.17, 15) is 9.18 Å². The van der Waals surface area contributed by atoms with E-state index >= 15 is 0 Å². The lowest BCUT2D eigenvalue weighted by Gasteiger charge is -2.35. The summed E-state index contributed by atoms with van der Waals surface area (Å²) in [7, 11) is 0. The van der Waals surface area contributed by atoms with Gasteiger partial charge < -0.3 is 14.4 Å². The summed E-state index contributed by atoms with van der Waals surface area (Å²) in [6.07, 6.45) is 2.74. The third-order valence-electron chi connectivity index (χ3n) is 4.73. The van der Waals surface area contributed by atoms with E-state index in [0.717, 1.165) is 43.0 Å². The number of hydrogen-bond donors (Lipinski definition) is 0. The second-order valence-corrected chi connectivity index (χ2v) is 8.00. The Morgan fingerprint density at radius 3 is 2.57 bits per heavy atom. The summed E-state index contributed by atoms with van der Waals surface area (Å²) in [5.74, 6) is 0.774. The van der Waals surface area contributed by atoms with Crippen molar-refractivity contribution < 1.29 is 13.9 Å². The molecular weight excluding hydrogens is 407 g/mol. The van der Waals surface area contributed by atoms with Gasteiger partial charge in [0, 0.05) is 38.5 Å². The largest absolute Gasteiger partial charge is 0.484 e. The van der Waals surface area contributed by atoms with Crippen LogP contribution in [0, 0.1) is 5.82 Å².